The third-order valence-electron chi connectivity index (χ3n) is 9.42. The summed E-state index contributed by atoms with van der Waals surface area (Å²) in [5.41, 5.74) is 8.17. The van der Waals surface area contributed by atoms with Crippen LogP contribution >= 0.6 is 0 Å². The van der Waals surface area contributed by atoms with Crippen molar-refractivity contribution in [1.82, 2.24) is 44.0 Å². The number of carbonyl (C=O) groups excluding carboxylic acids is 5. The molecule has 304 valence electrons. The molecule has 3 N–H and O–H groups in total. The predicted molar refractivity (Wildman–Crippen MR) is 218 cm³/mol. The molecule has 58 heavy (non-hydrogen) atoms. The minimum atomic E-state index is -0.679. The third-order valence-corrected chi connectivity index (χ3v) is 9.42. The monoisotopic (exact) mass is 788 g/mol. The van der Waals surface area contributed by atoms with E-state index >= 15 is 0 Å². The van der Waals surface area contributed by atoms with Crippen molar-refractivity contribution in [3.8, 4) is 0 Å². The minimum Gasteiger partial charge on any atom is -0.368 e. The molecule has 0 fully saturated rings. The van der Waals surface area contributed by atoms with Crippen LogP contribution in [0, 0.1) is 0 Å². The molecule has 15 heteroatoms. The van der Waals surface area contributed by atoms with Gasteiger partial charge in [-0.1, -0.05) is 91.0 Å². The molecule has 2 heterocycles. The maximum absolute atomic E-state index is 14.3. The first-order valence-electron chi connectivity index (χ1n) is 19.4. The van der Waals surface area contributed by atoms with E-state index in [0.29, 0.717) is 39.0 Å². The highest BCUT2D eigenvalue weighted by molar-refractivity contribution is 5.91. The van der Waals surface area contributed by atoms with Gasteiger partial charge in [-0.3, -0.25) is 24.0 Å². The van der Waals surface area contributed by atoms with Gasteiger partial charge >= 0.3 is 0 Å². The van der Waals surface area contributed by atoms with Crippen molar-refractivity contribution in [2.24, 2.45) is 5.73 Å². The molecule has 5 amide bonds. The van der Waals surface area contributed by atoms with Crippen molar-refractivity contribution in [2.75, 3.05) is 45.8 Å². The fourth-order valence-electron chi connectivity index (χ4n) is 6.38. The van der Waals surface area contributed by atoms with Crippen LogP contribution in [0.15, 0.2) is 128 Å². The normalized spacial score (nSPS) is 10.8. The number of hydrogen-bond acceptors (Lipinski definition) is 8. The standard InChI is InChI=1S/C43H52N10O5/c44-39(54)30-52(28-37-14-6-2-7-15-37)42(57)32-51(23-11-21-49-25-19-46-35-49)41(56)33-53(29-38-16-8-3-9-17-38)43(58)31-50(22-10-20-48-24-18-45-34-48)40(55)27-47-26-36-12-4-1-5-13-36/h1-9,12-19,24-25,34-35,47H,10-11,20-23,26-33H2,(H2,44,54). The Bertz CT molecular complexity index is 2000. The number of aryl methyl sites for hydroxylation is 2. The van der Waals surface area contributed by atoms with Gasteiger partial charge in [-0.15, -0.1) is 0 Å². The average Bonchev–Trinajstić information content (AvgIpc) is 3.96. The second kappa shape index (κ2) is 22.8. The van der Waals surface area contributed by atoms with Gasteiger partial charge < -0.3 is 39.8 Å². The van der Waals surface area contributed by atoms with Gasteiger partial charge in [0.1, 0.15) is 6.54 Å². The van der Waals surface area contributed by atoms with Crippen LogP contribution in [0.4, 0.5) is 0 Å². The van der Waals surface area contributed by atoms with E-state index in [1.165, 1.54) is 19.6 Å². The Kier molecular flexibility index (Phi) is 16.7. The maximum Gasteiger partial charge on any atom is 0.242 e. The van der Waals surface area contributed by atoms with Crippen molar-refractivity contribution in [1.29, 1.82) is 0 Å². The third kappa shape index (κ3) is 14.5. The number of imidazole rings is 2. The second-order valence-corrected chi connectivity index (χ2v) is 14.0. The van der Waals surface area contributed by atoms with Gasteiger partial charge in [0.05, 0.1) is 38.8 Å². The van der Waals surface area contributed by atoms with E-state index in [1.54, 1.807) is 25.0 Å². The molecule has 0 aliphatic heterocycles. The average molecular weight is 789 g/mol. The van der Waals surface area contributed by atoms with E-state index < -0.39 is 23.6 Å². The highest BCUT2D eigenvalue weighted by atomic mass is 16.2. The largest absolute Gasteiger partial charge is 0.368 e. The van der Waals surface area contributed by atoms with Crippen molar-refractivity contribution in [2.45, 2.75) is 45.6 Å². The number of hydrogen-bond donors (Lipinski definition) is 2. The number of carbonyl (C=O) groups is 5. The van der Waals surface area contributed by atoms with Crippen LogP contribution in [-0.2, 0) is 56.7 Å². The smallest absolute Gasteiger partial charge is 0.242 e. The Morgan fingerprint density at radius 3 is 1.40 bits per heavy atom. The summed E-state index contributed by atoms with van der Waals surface area (Å²) in [4.78, 5) is 82.2. The summed E-state index contributed by atoms with van der Waals surface area (Å²) < 4.78 is 3.78. The fraction of sp³-hybridized carbons (Fsp3) is 0.326. The van der Waals surface area contributed by atoms with Crippen LogP contribution < -0.4 is 11.1 Å². The molecule has 0 aliphatic rings. The van der Waals surface area contributed by atoms with Crippen LogP contribution in [0.1, 0.15) is 29.5 Å². The van der Waals surface area contributed by atoms with E-state index in [9.17, 15) is 24.0 Å². The summed E-state index contributed by atoms with van der Waals surface area (Å²) in [7, 11) is 0. The molecule has 2 aromatic heterocycles. The lowest BCUT2D eigenvalue weighted by molar-refractivity contribution is -0.147. The van der Waals surface area contributed by atoms with Gasteiger partial charge in [-0.25, -0.2) is 9.97 Å². The lowest BCUT2D eigenvalue weighted by Crippen LogP contribution is -2.50. The Morgan fingerprint density at radius 2 is 0.948 bits per heavy atom. The van der Waals surface area contributed by atoms with Crippen LogP contribution in [0.3, 0.4) is 0 Å². The molecular formula is C43H52N10O5. The number of nitrogens with two attached hydrogens (primary N) is 1. The first-order valence-corrected chi connectivity index (χ1v) is 19.4. The number of primary amides is 1. The summed E-state index contributed by atoms with van der Waals surface area (Å²) >= 11 is 0. The van der Waals surface area contributed by atoms with Crippen molar-refractivity contribution in [3.63, 3.8) is 0 Å². The summed E-state index contributed by atoms with van der Waals surface area (Å²) in [6.45, 7) is 1.11. The topological polar surface area (TPSA) is 172 Å². The van der Waals surface area contributed by atoms with E-state index in [4.69, 9.17) is 5.73 Å². The van der Waals surface area contributed by atoms with E-state index in [2.05, 4.69) is 15.3 Å². The van der Waals surface area contributed by atoms with E-state index in [-0.39, 0.29) is 58.3 Å². The van der Waals surface area contributed by atoms with Gasteiger partial charge in [0.2, 0.25) is 29.5 Å². The molecule has 0 saturated carbocycles. The molecule has 5 aromatic rings. The number of benzene rings is 3. The number of rotatable bonds is 24. The van der Waals surface area contributed by atoms with Crippen LogP contribution in [0.25, 0.3) is 0 Å². The molecular weight excluding hydrogens is 737 g/mol. The van der Waals surface area contributed by atoms with Crippen molar-refractivity contribution >= 4 is 29.5 Å². The van der Waals surface area contributed by atoms with E-state index in [0.717, 1.165) is 16.7 Å². The zero-order chi connectivity index (χ0) is 41.0. The molecule has 0 radical (unpaired) electrons. The molecule has 0 atom stereocenters. The lowest BCUT2D eigenvalue weighted by Gasteiger charge is -2.31. The second-order valence-electron chi connectivity index (χ2n) is 14.0. The Labute approximate surface area is 339 Å². The van der Waals surface area contributed by atoms with Crippen molar-refractivity contribution < 1.29 is 24.0 Å². The first-order chi connectivity index (χ1) is 28.2. The summed E-state index contributed by atoms with van der Waals surface area (Å²) in [5.74, 6) is -2.26. The van der Waals surface area contributed by atoms with Gasteiger partial charge in [0, 0.05) is 70.6 Å². The Morgan fingerprint density at radius 1 is 0.534 bits per heavy atom. The Balaban J connectivity index is 1.33. The molecule has 0 bridgehead atoms. The molecule has 0 saturated heterocycles. The van der Waals surface area contributed by atoms with Gasteiger partial charge in [0.25, 0.3) is 0 Å². The zero-order valence-corrected chi connectivity index (χ0v) is 32.7. The molecule has 0 spiro atoms. The number of amides is 5. The number of nitrogens with zero attached hydrogens (tertiary/aromatic N) is 8. The summed E-state index contributed by atoms with van der Waals surface area (Å²) in [6, 6.07) is 28.2. The predicted octanol–water partition coefficient (Wildman–Crippen LogP) is 2.55. The molecule has 15 nitrogen and oxygen atoms in total. The number of aromatic nitrogens is 4. The zero-order valence-electron chi connectivity index (χ0n) is 32.7. The summed E-state index contributed by atoms with van der Waals surface area (Å²) in [6.07, 6.45) is 11.4. The first kappa shape index (κ1) is 42.5. The van der Waals surface area contributed by atoms with Gasteiger partial charge in [-0.05, 0) is 29.5 Å². The van der Waals surface area contributed by atoms with Gasteiger partial charge in [-0.2, -0.15) is 0 Å². The lowest BCUT2D eigenvalue weighted by atomic mass is 10.2. The molecule has 3 aromatic carbocycles. The SMILES string of the molecule is NC(=O)CN(Cc1ccccc1)C(=O)CN(CCCn1ccnc1)C(=O)CN(Cc1ccccc1)C(=O)CN(CCCn1ccnc1)C(=O)CNCc1ccccc1. The summed E-state index contributed by atoms with van der Waals surface area (Å²) in [5, 5.41) is 3.20. The van der Waals surface area contributed by atoms with E-state index in [1.807, 2.05) is 113 Å². The maximum atomic E-state index is 14.3. The quantitative estimate of drug-likeness (QED) is 0.0961. The fourth-order valence-corrected chi connectivity index (χ4v) is 6.38. The minimum absolute atomic E-state index is 0.0163. The van der Waals surface area contributed by atoms with Crippen LogP contribution in [0.5, 0.6) is 0 Å². The number of nitrogens with one attached hydrogen (secondary N) is 1. The highest BCUT2D eigenvalue weighted by Gasteiger charge is 2.28. The van der Waals surface area contributed by atoms with Gasteiger partial charge in [0.15, 0.2) is 0 Å². The van der Waals surface area contributed by atoms with Crippen LogP contribution in [-0.4, -0.2) is 114 Å². The molecule has 0 unspecified atom stereocenters. The van der Waals surface area contributed by atoms with Crippen molar-refractivity contribution in [3.05, 3.63) is 145 Å². The Hall–Kier alpha value is -6.61. The van der Waals surface area contributed by atoms with Crippen LogP contribution in [0.2, 0.25) is 0 Å². The highest BCUT2D eigenvalue weighted by Crippen LogP contribution is 2.11. The molecule has 0 aliphatic carbocycles. The molecule has 5 rings (SSSR count).